The van der Waals surface area contributed by atoms with Gasteiger partial charge in [0.25, 0.3) is 10.0 Å². The Morgan fingerprint density at radius 2 is 1.90 bits per heavy atom. The first kappa shape index (κ1) is 14.8. The monoisotopic (exact) mass is 328 g/mol. The zero-order valence-corrected chi connectivity index (χ0v) is 13.2. The lowest BCUT2D eigenvalue weighted by Gasteiger charge is -2.06. The van der Waals surface area contributed by atoms with E-state index >= 15 is 0 Å². The third kappa shape index (κ3) is 3.30. The Morgan fingerprint density at radius 1 is 1.30 bits per heavy atom. The minimum Gasteiger partial charge on any atom is -0.389 e. The van der Waals surface area contributed by atoms with E-state index < -0.39 is 10.0 Å². The van der Waals surface area contributed by atoms with Crippen LogP contribution in [0, 0.1) is 13.8 Å². The van der Waals surface area contributed by atoms with Gasteiger partial charge in [0.2, 0.25) is 5.95 Å². The molecular formula is C11H12N4O2S3. The number of hydrogen-bond donors (Lipinski definition) is 2. The SMILES string of the molecule is Cc1cc(C)nc(NS(=O)(=O)c2ccc(C(N)=S)s2)n1. The van der Waals surface area contributed by atoms with Gasteiger partial charge in [0.1, 0.15) is 9.20 Å². The summed E-state index contributed by atoms with van der Waals surface area (Å²) in [6.07, 6.45) is 0. The number of anilines is 1. The van der Waals surface area contributed by atoms with E-state index in [1.807, 2.05) is 0 Å². The quantitative estimate of drug-likeness (QED) is 0.827. The average molecular weight is 328 g/mol. The zero-order chi connectivity index (χ0) is 14.9. The minimum absolute atomic E-state index is 0.0489. The molecule has 0 saturated heterocycles. The highest BCUT2D eigenvalue weighted by Crippen LogP contribution is 2.23. The molecule has 2 rings (SSSR count). The number of nitrogens with zero attached hydrogens (tertiary/aromatic N) is 2. The van der Waals surface area contributed by atoms with Crippen LogP contribution in [0.5, 0.6) is 0 Å². The van der Waals surface area contributed by atoms with Crippen molar-refractivity contribution in [2.24, 2.45) is 5.73 Å². The van der Waals surface area contributed by atoms with Crippen molar-refractivity contribution in [2.45, 2.75) is 18.1 Å². The third-order valence-corrected chi connectivity index (χ3v) is 5.58. The maximum atomic E-state index is 12.2. The molecule has 0 aromatic carbocycles. The van der Waals surface area contributed by atoms with Crippen molar-refractivity contribution in [3.05, 3.63) is 34.5 Å². The van der Waals surface area contributed by atoms with E-state index in [1.54, 1.807) is 26.0 Å². The van der Waals surface area contributed by atoms with Gasteiger partial charge in [-0.25, -0.2) is 23.1 Å². The summed E-state index contributed by atoms with van der Waals surface area (Å²) in [4.78, 5) is 8.79. The van der Waals surface area contributed by atoms with Crippen molar-refractivity contribution in [3.63, 3.8) is 0 Å². The molecule has 3 N–H and O–H groups in total. The number of sulfonamides is 1. The highest BCUT2D eigenvalue weighted by Gasteiger charge is 2.19. The molecular weight excluding hydrogens is 316 g/mol. The predicted octanol–water partition coefficient (Wildman–Crippen LogP) is 1.59. The summed E-state index contributed by atoms with van der Waals surface area (Å²) < 4.78 is 26.8. The summed E-state index contributed by atoms with van der Waals surface area (Å²) in [5.74, 6) is 0.0489. The van der Waals surface area contributed by atoms with Crippen molar-refractivity contribution in [2.75, 3.05) is 4.72 Å². The first-order valence-electron chi connectivity index (χ1n) is 5.53. The molecule has 0 bridgehead atoms. The minimum atomic E-state index is -3.73. The predicted molar refractivity (Wildman–Crippen MR) is 82.5 cm³/mol. The molecule has 0 radical (unpaired) electrons. The Hall–Kier alpha value is -1.58. The number of aryl methyl sites for hydroxylation is 2. The number of nitrogens with one attached hydrogen (secondary N) is 1. The number of rotatable bonds is 4. The first-order valence-corrected chi connectivity index (χ1v) is 8.23. The maximum Gasteiger partial charge on any atom is 0.273 e. The van der Waals surface area contributed by atoms with Gasteiger partial charge in [-0.05, 0) is 32.0 Å². The highest BCUT2D eigenvalue weighted by molar-refractivity contribution is 7.94. The molecule has 0 spiro atoms. The van der Waals surface area contributed by atoms with Gasteiger partial charge in [-0.3, -0.25) is 0 Å². The van der Waals surface area contributed by atoms with E-state index in [2.05, 4.69) is 14.7 Å². The Bertz CT molecular complexity index is 747. The number of aromatic nitrogens is 2. The van der Waals surface area contributed by atoms with Crippen LogP contribution < -0.4 is 10.5 Å². The van der Waals surface area contributed by atoms with Crippen molar-refractivity contribution < 1.29 is 8.42 Å². The fraction of sp³-hybridized carbons (Fsp3) is 0.182. The highest BCUT2D eigenvalue weighted by atomic mass is 32.2. The van der Waals surface area contributed by atoms with Crippen LogP contribution in [0.25, 0.3) is 0 Å². The summed E-state index contributed by atoms with van der Waals surface area (Å²) >= 11 is 5.81. The lowest BCUT2D eigenvalue weighted by molar-refractivity contribution is 0.602. The molecule has 106 valence electrons. The van der Waals surface area contributed by atoms with E-state index in [0.29, 0.717) is 16.3 Å². The van der Waals surface area contributed by atoms with Crippen LogP contribution in [0.3, 0.4) is 0 Å². The summed E-state index contributed by atoms with van der Waals surface area (Å²) in [6.45, 7) is 3.53. The van der Waals surface area contributed by atoms with Crippen LogP contribution in [0.1, 0.15) is 16.3 Å². The second-order valence-corrected chi connectivity index (χ2v) is 7.50. The van der Waals surface area contributed by atoms with E-state index in [0.717, 1.165) is 11.3 Å². The fourth-order valence-corrected chi connectivity index (χ4v) is 3.83. The smallest absolute Gasteiger partial charge is 0.273 e. The van der Waals surface area contributed by atoms with Crippen molar-refractivity contribution in [3.8, 4) is 0 Å². The Labute approximate surface area is 126 Å². The van der Waals surface area contributed by atoms with Crippen LogP contribution in [0.4, 0.5) is 5.95 Å². The first-order chi connectivity index (χ1) is 9.28. The largest absolute Gasteiger partial charge is 0.389 e. The Kier molecular flexibility index (Phi) is 4.02. The van der Waals surface area contributed by atoms with Gasteiger partial charge in [-0.1, -0.05) is 12.2 Å². The van der Waals surface area contributed by atoms with Crippen LogP contribution in [0.2, 0.25) is 0 Å². The lowest BCUT2D eigenvalue weighted by Crippen LogP contribution is -2.14. The maximum absolute atomic E-state index is 12.2. The molecule has 20 heavy (non-hydrogen) atoms. The van der Waals surface area contributed by atoms with Crippen LogP contribution in [-0.4, -0.2) is 23.4 Å². The van der Waals surface area contributed by atoms with Gasteiger partial charge >= 0.3 is 0 Å². The van der Waals surface area contributed by atoms with Gasteiger partial charge < -0.3 is 5.73 Å². The molecule has 9 heteroatoms. The summed E-state index contributed by atoms with van der Waals surface area (Å²) in [6, 6.07) is 4.78. The molecule has 0 atom stereocenters. The molecule has 0 aliphatic heterocycles. The number of hydrogen-bond acceptors (Lipinski definition) is 6. The lowest BCUT2D eigenvalue weighted by atomic mass is 10.4. The second-order valence-electron chi connectivity index (χ2n) is 4.06. The zero-order valence-electron chi connectivity index (χ0n) is 10.7. The van der Waals surface area contributed by atoms with Gasteiger partial charge in [0.05, 0.1) is 4.88 Å². The fourth-order valence-electron chi connectivity index (χ4n) is 1.54. The summed E-state index contributed by atoms with van der Waals surface area (Å²) in [7, 11) is -3.73. The molecule has 2 aromatic rings. The van der Waals surface area contributed by atoms with E-state index in [1.165, 1.54) is 6.07 Å². The van der Waals surface area contributed by atoms with Gasteiger partial charge in [0.15, 0.2) is 0 Å². The molecule has 0 saturated carbocycles. The van der Waals surface area contributed by atoms with E-state index in [4.69, 9.17) is 18.0 Å². The van der Waals surface area contributed by atoms with E-state index in [9.17, 15) is 8.42 Å². The Balaban J connectivity index is 2.32. The normalized spacial score (nSPS) is 11.3. The van der Waals surface area contributed by atoms with Crippen molar-refractivity contribution >= 4 is 44.5 Å². The average Bonchev–Trinajstić information content (AvgIpc) is 2.76. The Morgan fingerprint density at radius 3 is 2.40 bits per heavy atom. The van der Waals surface area contributed by atoms with Crippen molar-refractivity contribution in [1.82, 2.24) is 9.97 Å². The van der Waals surface area contributed by atoms with Gasteiger partial charge in [0, 0.05) is 11.4 Å². The van der Waals surface area contributed by atoms with E-state index in [-0.39, 0.29) is 15.1 Å². The van der Waals surface area contributed by atoms with Crippen LogP contribution in [0.15, 0.2) is 22.4 Å². The molecule has 0 aliphatic rings. The number of nitrogens with two attached hydrogens (primary N) is 1. The standard InChI is InChI=1S/C11H12N4O2S3/c1-6-5-7(2)14-11(13-6)15-20(16,17)9-4-3-8(19-9)10(12)18/h3-5H,1-2H3,(H2,12,18)(H,13,14,15). The molecule has 2 heterocycles. The molecule has 0 unspecified atom stereocenters. The van der Waals surface area contributed by atoms with Crippen LogP contribution >= 0.6 is 23.6 Å². The number of thiocarbonyl (C=S) groups is 1. The molecule has 0 aliphatic carbocycles. The number of thiophene rings is 1. The second kappa shape index (κ2) is 5.43. The molecule has 2 aromatic heterocycles. The molecule has 6 nitrogen and oxygen atoms in total. The topological polar surface area (TPSA) is 98.0 Å². The van der Waals surface area contributed by atoms with Crippen LogP contribution in [-0.2, 0) is 10.0 Å². The summed E-state index contributed by atoms with van der Waals surface area (Å²) in [5.41, 5.74) is 6.84. The third-order valence-electron chi connectivity index (χ3n) is 2.30. The molecule has 0 fully saturated rings. The van der Waals surface area contributed by atoms with Gasteiger partial charge in [-0.2, -0.15) is 0 Å². The van der Waals surface area contributed by atoms with Crippen molar-refractivity contribution in [1.29, 1.82) is 0 Å². The van der Waals surface area contributed by atoms with Gasteiger partial charge in [-0.15, -0.1) is 11.3 Å². The summed E-state index contributed by atoms with van der Waals surface area (Å²) in [5, 5.41) is 0. The molecule has 0 amide bonds.